The molecule has 1 aromatic carbocycles. The SMILES string of the molecule is CC1(C)OB(c2ccc3ncc(-c4cnn(C5CCCCO5)c4)cc3c2)OC1(C)C. The molecule has 0 aliphatic carbocycles. The lowest BCUT2D eigenvalue weighted by Crippen LogP contribution is -2.41. The van der Waals surface area contributed by atoms with E-state index in [1.165, 1.54) is 6.42 Å². The molecule has 1 atom stereocenters. The molecule has 0 bridgehead atoms. The first kappa shape index (κ1) is 19.7. The predicted octanol–water partition coefficient (Wildman–Crippen LogP) is 4.10. The van der Waals surface area contributed by atoms with Crippen molar-refractivity contribution in [1.82, 2.24) is 14.8 Å². The molecule has 3 aromatic rings. The average Bonchev–Trinajstić information content (AvgIpc) is 3.30. The van der Waals surface area contributed by atoms with Gasteiger partial charge in [0.05, 0.1) is 22.9 Å². The maximum atomic E-state index is 6.21. The van der Waals surface area contributed by atoms with Gasteiger partial charge in [-0.25, -0.2) is 4.68 Å². The van der Waals surface area contributed by atoms with E-state index in [9.17, 15) is 0 Å². The standard InChI is InChI=1S/C23H28BN3O3/c1-22(2)23(3,4)30-24(29-22)19-8-9-20-16(12-19)11-17(13-25-20)18-14-26-27(15-18)21-7-5-6-10-28-21/h8-9,11-15,21H,5-7,10H2,1-4H3. The molecule has 6 nitrogen and oxygen atoms in total. The first-order valence-corrected chi connectivity index (χ1v) is 10.7. The number of hydrogen-bond donors (Lipinski definition) is 0. The maximum absolute atomic E-state index is 6.21. The van der Waals surface area contributed by atoms with E-state index in [0.29, 0.717) is 0 Å². The fraction of sp³-hybridized carbons (Fsp3) is 0.478. The van der Waals surface area contributed by atoms with Crippen molar-refractivity contribution in [3.8, 4) is 11.1 Å². The second kappa shape index (κ2) is 7.19. The molecule has 5 rings (SSSR count). The van der Waals surface area contributed by atoms with Crippen molar-refractivity contribution < 1.29 is 14.0 Å². The smallest absolute Gasteiger partial charge is 0.399 e. The summed E-state index contributed by atoms with van der Waals surface area (Å²) in [4.78, 5) is 4.65. The summed E-state index contributed by atoms with van der Waals surface area (Å²) in [7, 11) is -0.380. The lowest BCUT2D eigenvalue weighted by atomic mass is 9.78. The zero-order valence-corrected chi connectivity index (χ0v) is 18.1. The van der Waals surface area contributed by atoms with Crippen LogP contribution in [0.25, 0.3) is 22.0 Å². The Balaban J connectivity index is 1.44. The van der Waals surface area contributed by atoms with Gasteiger partial charge in [0.25, 0.3) is 0 Å². The van der Waals surface area contributed by atoms with Crippen molar-refractivity contribution in [2.75, 3.05) is 6.61 Å². The molecule has 7 heteroatoms. The number of rotatable bonds is 3. The highest BCUT2D eigenvalue weighted by Crippen LogP contribution is 2.36. The third-order valence-electron chi connectivity index (χ3n) is 6.62. The third-order valence-corrected chi connectivity index (χ3v) is 6.62. The molecule has 0 N–H and O–H groups in total. The van der Waals surface area contributed by atoms with Gasteiger partial charge >= 0.3 is 7.12 Å². The van der Waals surface area contributed by atoms with Gasteiger partial charge in [0.2, 0.25) is 0 Å². The lowest BCUT2D eigenvalue weighted by Gasteiger charge is -2.32. The molecule has 2 saturated heterocycles. The highest BCUT2D eigenvalue weighted by molar-refractivity contribution is 6.62. The number of aromatic nitrogens is 3. The third kappa shape index (κ3) is 3.45. The molecule has 0 radical (unpaired) electrons. The summed E-state index contributed by atoms with van der Waals surface area (Å²) in [5.74, 6) is 0. The van der Waals surface area contributed by atoms with Crippen LogP contribution in [0.3, 0.4) is 0 Å². The summed E-state index contributed by atoms with van der Waals surface area (Å²) in [6.45, 7) is 9.09. The van der Waals surface area contributed by atoms with E-state index in [2.05, 4.69) is 56.1 Å². The second-order valence-corrected chi connectivity index (χ2v) is 9.29. The summed E-state index contributed by atoms with van der Waals surface area (Å²) < 4.78 is 20.2. The Labute approximate surface area is 177 Å². The van der Waals surface area contributed by atoms with Crippen LogP contribution in [0, 0.1) is 0 Å². The minimum Gasteiger partial charge on any atom is -0.399 e. The van der Waals surface area contributed by atoms with Gasteiger partial charge in [-0.2, -0.15) is 5.10 Å². The van der Waals surface area contributed by atoms with E-state index in [1.807, 2.05) is 29.2 Å². The highest BCUT2D eigenvalue weighted by Gasteiger charge is 2.51. The monoisotopic (exact) mass is 405 g/mol. The first-order chi connectivity index (χ1) is 14.3. The minimum atomic E-state index is -0.380. The molecule has 30 heavy (non-hydrogen) atoms. The summed E-state index contributed by atoms with van der Waals surface area (Å²) in [6.07, 6.45) is 9.20. The van der Waals surface area contributed by atoms with Gasteiger partial charge in [-0.15, -0.1) is 0 Å². The van der Waals surface area contributed by atoms with E-state index in [-0.39, 0.29) is 24.5 Å². The van der Waals surface area contributed by atoms with Gasteiger partial charge in [0.15, 0.2) is 0 Å². The van der Waals surface area contributed by atoms with Crippen LogP contribution in [0.2, 0.25) is 0 Å². The normalized spacial score (nSPS) is 23.2. The fourth-order valence-corrected chi connectivity index (χ4v) is 4.01. The fourth-order valence-electron chi connectivity index (χ4n) is 4.01. The van der Waals surface area contributed by atoms with Crippen molar-refractivity contribution in [1.29, 1.82) is 0 Å². The Morgan fingerprint density at radius 1 is 1.00 bits per heavy atom. The number of ether oxygens (including phenoxy) is 1. The van der Waals surface area contributed by atoms with Gasteiger partial charge in [-0.05, 0) is 64.6 Å². The zero-order chi connectivity index (χ0) is 20.9. The lowest BCUT2D eigenvalue weighted by molar-refractivity contribution is -0.0394. The van der Waals surface area contributed by atoms with Gasteiger partial charge in [0, 0.05) is 35.5 Å². The summed E-state index contributed by atoms with van der Waals surface area (Å²) in [5, 5.41) is 5.59. The van der Waals surface area contributed by atoms with Crippen LogP contribution in [0.15, 0.2) is 42.9 Å². The molecule has 2 aliphatic rings. The van der Waals surface area contributed by atoms with Gasteiger partial charge in [0.1, 0.15) is 6.23 Å². The molecule has 156 valence electrons. The van der Waals surface area contributed by atoms with Crippen molar-refractivity contribution in [3.63, 3.8) is 0 Å². The first-order valence-electron chi connectivity index (χ1n) is 10.7. The molecular weight excluding hydrogens is 377 g/mol. The molecule has 2 aromatic heterocycles. The summed E-state index contributed by atoms with van der Waals surface area (Å²) >= 11 is 0. The number of nitrogens with zero attached hydrogens (tertiary/aromatic N) is 3. The van der Waals surface area contributed by atoms with Gasteiger partial charge in [-0.1, -0.05) is 12.1 Å². The van der Waals surface area contributed by atoms with E-state index < -0.39 is 0 Å². The van der Waals surface area contributed by atoms with Crippen molar-refractivity contribution in [2.45, 2.75) is 64.4 Å². The van der Waals surface area contributed by atoms with E-state index in [0.717, 1.165) is 46.9 Å². The highest BCUT2D eigenvalue weighted by atomic mass is 16.7. The van der Waals surface area contributed by atoms with Gasteiger partial charge < -0.3 is 14.0 Å². The van der Waals surface area contributed by atoms with Crippen LogP contribution < -0.4 is 5.46 Å². The second-order valence-electron chi connectivity index (χ2n) is 9.29. The van der Waals surface area contributed by atoms with E-state index in [1.54, 1.807) is 0 Å². The Morgan fingerprint density at radius 3 is 2.53 bits per heavy atom. The maximum Gasteiger partial charge on any atom is 0.494 e. The Bertz CT molecular complexity index is 1060. The molecule has 0 amide bonds. The molecule has 2 aliphatic heterocycles. The molecule has 1 unspecified atom stereocenters. The average molecular weight is 405 g/mol. The molecule has 0 spiro atoms. The Kier molecular flexibility index (Phi) is 4.73. The van der Waals surface area contributed by atoms with Crippen LogP contribution in [0.4, 0.5) is 0 Å². The molecule has 0 saturated carbocycles. The number of pyridine rings is 1. The van der Waals surface area contributed by atoms with Crippen LogP contribution in [-0.2, 0) is 14.0 Å². The van der Waals surface area contributed by atoms with Gasteiger partial charge in [-0.3, -0.25) is 4.98 Å². The van der Waals surface area contributed by atoms with E-state index >= 15 is 0 Å². The van der Waals surface area contributed by atoms with Crippen molar-refractivity contribution in [3.05, 3.63) is 42.9 Å². The topological polar surface area (TPSA) is 58.4 Å². The number of hydrogen-bond acceptors (Lipinski definition) is 5. The van der Waals surface area contributed by atoms with Crippen LogP contribution >= 0.6 is 0 Å². The Hall–Kier alpha value is -2.22. The van der Waals surface area contributed by atoms with Crippen molar-refractivity contribution >= 4 is 23.5 Å². The minimum absolute atomic E-state index is 0.0379. The quantitative estimate of drug-likeness (QED) is 0.615. The van der Waals surface area contributed by atoms with Crippen LogP contribution in [0.5, 0.6) is 0 Å². The summed E-state index contributed by atoms with van der Waals surface area (Å²) in [6, 6.07) is 8.33. The van der Waals surface area contributed by atoms with Crippen molar-refractivity contribution in [2.24, 2.45) is 0 Å². The summed E-state index contributed by atoms with van der Waals surface area (Å²) in [5.41, 5.74) is 3.31. The molecular formula is C23H28BN3O3. The molecule has 4 heterocycles. The van der Waals surface area contributed by atoms with Crippen LogP contribution in [-0.4, -0.2) is 39.7 Å². The van der Waals surface area contributed by atoms with Crippen LogP contribution in [0.1, 0.15) is 53.2 Å². The molecule has 2 fully saturated rings. The van der Waals surface area contributed by atoms with E-state index in [4.69, 9.17) is 14.0 Å². The number of fused-ring (bicyclic) bond motifs is 1. The largest absolute Gasteiger partial charge is 0.494 e. The Morgan fingerprint density at radius 2 is 1.80 bits per heavy atom. The number of benzene rings is 1. The predicted molar refractivity (Wildman–Crippen MR) is 118 cm³/mol. The zero-order valence-electron chi connectivity index (χ0n) is 18.1.